The fourth-order valence-corrected chi connectivity index (χ4v) is 5.32. The number of fused-ring (bicyclic) bond motifs is 2. The number of amidine groups is 2. The van der Waals surface area contributed by atoms with Crippen LogP contribution in [0.2, 0.25) is 0 Å². The third kappa shape index (κ3) is 4.20. The molecule has 5 aromatic rings. The molecule has 4 amide bonds. The van der Waals surface area contributed by atoms with E-state index in [0.29, 0.717) is 21.5 Å². The summed E-state index contributed by atoms with van der Waals surface area (Å²) in [6.07, 6.45) is 0. The molecule has 42 heavy (non-hydrogen) atoms. The molecule has 2 aliphatic rings. The van der Waals surface area contributed by atoms with Crippen molar-refractivity contribution in [2.75, 3.05) is 0 Å². The summed E-state index contributed by atoms with van der Waals surface area (Å²) in [5, 5.41) is 36.9. The molecule has 204 valence electrons. The summed E-state index contributed by atoms with van der Waals surface area (Å²) in [5.74, 6) is 0.0965. The molecule has 0 bridgehead atoms. The lowest BCUT2D eigenvalue weighted by Crippen LogP contribution is -2.51. The lowest BCUT2D eigenvalue weighted by molar-refractivity contribution is -0.121. The van der Waals surface area contributed by atoms with Gasteiger partial charge in [0.25, 0.3) is 0 Å². The van der Waals surface area contributed by atoms with E-state index in [2.05, 4.69) is 56.2 Å². The fraction of sp³-hybridized carbons (Fsp3) is 0. The van der Waals surface area contributed by atoms with Crippen molar-refractivity contribution in [3.8, 4) is 22.3 Å². The maximum atomic E-state index is 12.2. The Balaban J connectivity index is 1.36. The fourth-order valence-electron chi connectivity index (χ4n) is 5.32. The molecule has 2 aliphatic heterocycles. The lowest BCUT2D eigenvalue weighted by atomic mass is 9.85. The summed E-state index contributed by atoms with van der Waals surface area (Å²) >= 11 is 0. The number of carbonyl (C=O) groups is 2. The van der Waals surface area contributed by atoms with Crippen LogP contribution >= 0.6 is 0 Å². The number of rotatable bonds is 4. The van der Waals surface area contributed by atoms with Crippen LogP contribution in [0.4, 0.5) is 9.59 Å². The van der Waals surface area contributed by atoms with Crippen molar-refractivity contribution in [1.82, 2.24) is 32.0 Å². The summed E-state index contributed by atoms with van der Waals surface area (Å²) in [4.78, 5) is 22.7. The predicted octanol–water partition coefficient (Wildman–Crippen LogP) is 4.40. The van der Waals surface area contributed by atoms with Gasteiger partial charge in [0.15, 0.2) is 0 Å². The topological polar surface area (TPSA) is 153 Å². The first kappa shape index (κ1) is 25.0. The molecule has 2 heterocycles. The average Bonchev–Trinajstić information content (AvgIpc) is 3.00. The number of amides is 4. The van der Waals surface area contributed by atoms with Crippen LogP contribution in [-0.4, -0.2) is 34.1 Å². The van der Waals surface area contributed by atoms with Crippen LogP contribution in [0.25, 0.3) is 43.8 Å². The second-order valence-electron chi connectivity index (χ2n) is 9.56. The zero-order valence-corrected chi connectivity index (χ0v) is 21.7. The maximum absolute atomic E-state index is 12.2. The highest BCUT2D eigenvalue weighted by Crippen LogP contribution is 2.43. The van der Waals surface area contributed by atoms with Crippen molar-refractivity contribution >= 4 is 45.3 Å². The van der Waals surface area contributed by atoms with E-state index in [1.807, 2.05) is 48.5 Å². The van der Waals surface area contributed by atoms with Gasteiger partial charge in [0.2, 0.25) is 11.7 Å². The predicted molar refractivity (Wildman–Crippen MR) is 154 cm³/mol. The number of hydrogen-bond donors (Lipinski definition) is 4. The molecule has 0 fully saturated rings. The van der Waals surface area contributed by atoms with Gasteiger partial charge in [-0.3, -0.25) is 0 Å². The first-order valence-electron chi connectivity index (χ1n) is 12.9. The molecule has 12 nitrogen and oxygen atoms in total. The van der Waals surface area contributed by atoms with Crippen molar-refractivity contribution in [1.29, 1.82) is 0 Å². The van der Waals surface area contributed by atoms with E-state index in [1.165, 1.54) is 0 Å². The Morgan fingerprint density at radius 1 is 0.452 bits per heavy atom. The minimum atomic E-state index is -0.696. The number of benzene rings is 5. The summed E-state index contributed by atoms with van der Waals surface area (Å²) in [7, 11) is 0. The van der Waals surface area contributed by atoms with E-state index in [1.54, 1.807) is 24.3 Å². The van der Waals surface area contributed by atoms with E-state index < -0.39 is 12.1 Å². The Morgan fingerprint density at radius 2 is 0.762 bits per heavy atom. The quantitative estimate of drug-likeness (QED) is 0.242. The molecule has 0 saturated heterocycles. The Kier molecular flexibility index (Phi) is 5.89. The number of hydrogen-bond acceptors (Lipinski definition) is 6. The molecule has 7 rings (SSSR count). The smallest absolute Gasteiger partial charge is 0.245 e. The van der Waals surface area contributed by atoms with Gasteiger partial charge in [-0.25, -0.2) is 31.3 Å². The van der Waals surface area contributed by atoms with E-state index in [-0.39, 0.29) is 11.7 Å². The summed E-state index contributed by atoms with van der Waals surface area (Å²) in [6.45, 7) is 0. The number of hydroxylamine groups is 2. The van der Waals surface area contributed by atoms with Crippen LogP contribution < -0.4 is 21.7 Å². The standard InChI is InChI=1S/C30H20N8O4/c39-29-33-31-27(37(41)35-29)19-13-9-17(10-14-19)25-21-5-1-2-6-22(21)26(24-8-4-3-7-23(24)25)18-11-15-20(16-12-18)28-32-34-30(40)36-38(28)42/h1-16H,(H2,33,35,39)(H2,34,36,40). The van der Waals surface area contributed by atoms with Gasteiger partial charge in [-0.05, 0) is 43.8 Å². The molecule has 0 spiro atoms. The largest absolute Gasteiger partial charge is 0.356 e. The van der Waals surface area contributed by atoms with Gasteiger partial charge in [0, 0.05) is 11.1 Å². The van der Waals surface area contributed by atoms with Crippen molar-refractivity contribution < 1.29 is 20.0 Å². The van der Waals surface area contributed by atoms with Gasteiger partial charge < -0.3 is 0 Å². The summed E-state index contributed by atoms with van der Waals surface area (Å²) in [6, 6.07) is 29.8. The number of nitrogens with one attached hydrogen (secondary N) is 4. The zero-order valence-electron chi connectivity index (χ0n) is 21.7. The van der Waals surface area contributed by atoms with Gasteiger partial charge in [0.05, 0.1) is 0 Å². The van der Waals surface area contributed by atoms with Crippen LogP contribution in [0.1, 0.15) is 11.1 Å². The molecule has 0 saturated carbocycles. The van der Waals surface area contributed by atoms with Gasteiger partial charge in [-0.2, -0.15) is 0 Å². The molecular formula is C30H20N8O4. The Labute approximate surface area is 238 Å². The van der Waals surface area contributed by atoms with E-state index in [0.717, 1.165) is 43.8 Å². The minimum absolute atomic E-state index is 0.0483. The Morgan fingerprint density at radius 3 is 1.07 bits per heavy atom. The van der Waals surface area contributed by atoms with Crippen LogP contribution in [0.3, 0.4) is 0 Å². The van der Waals surface area contributed by atoms with E-state index in [9.17, 15) is 20.0 Å². The van der Waals surface area contributed by atoms with Gasteiger partial charge in [-0.1, -0.05) is 107 Å². The Bertz CT molecular complexity index is 1760. The van der Waals surface area contributed by atoms with Gasteiger partial charge >= 0.3 is 12.1 Å². The molecule has 12 heteroatoms. The van der Waals surface area contributed by atoms with Crippen LogP contribution in [0, 0.1) is 0 Å². The number of nitrogens with zero attached hydrogens (tertiary/aromatic N) is 4. The first-order chi connectivity index (χ1) is 20.5. The summed E-state index contributed by atoms with van der Waals surface area (Å²) in [5.41, 5.74) is 13.8. The number of urea groups is 2. The van der Waals surface area contributed by atoms with Crippen molar-refractivity contribution in [3.63, 3.8) is 0 Å². The SMILES string of the molecule is [O]N1NC(=O)NN=C1c1ccc(-c2c3ccccc3c(-c3ccc(C4=NNC(=O)NN4[O])cc3)c3ccccc23)cc1. The molecule has 0 atom stereocenters. The third-order valence-corrected chi connectivity index (χ3v) is 7.11. The van der Waals surface area contributed by atoms with E-state index >= 15 is 0 Å². The normalized spacial score (nSPS) is 15.0. The van der Waals surface area contributed by atoms with Crippen molar-refractivity contribution in [3.05, 3.63) is 108 Å². The Hall–Kier alpha value is -5.98. The van der Waals surface area contributed by atoms with Crippen LogP contribution in [0.15, 0.2) is 107 Å². The molecular weight excluding hydrogens is 536 g/mol. The highest BCUT2D eigenvalue weighted by atomic mass is 16.6. The molecule has 5 aromatic carbocycles. The molecule has 0 aromatic heterocycles. The monoisotopic (exact) mass is 556 g/mol. The molecule has 0 aliphatic carbocycles. The first-order valence-corrected chi connectivity index (χ1v) is 12.9. The molecule has 4 N–H and O–H groups in total. The van der Waals surface area contributed by atoms with Gasteiger partial charge in [0.1, 0.15) is 0 Å². The zero-order chi connectivity index (χ0) is 28.8. The maximum Gasteiger partial charge on any atom is 0.356 e. The highest BCUT2D eigenvalue weighted by molar-refractivity contribution is 6.21. The van der Waals surface area contributed by atoms with E-state index in [4.69, 9.17) is 0 Å². The van der Waals surface area contributed by atoms with Crippen molar-refractivity contribution in [2.24, 2.45) is 10.2 Å². The van der Waals surface area contributed by atoms with Gasteiger partial charge in [-0.15, -0.1) is 20.5 Å². The third-order valence-electron chi connectivity index (χ3n) is 7.11. The minimum Gasteiger partial charge on any atom is -0.245 e. The van der Waals surface area contributed by atoms with Crippen LogP contribution in [0.5, 0.6) is 0 Å². The number of hydrazine groups is 2. The van der Waals surface area contributed by atoms with Crippen LogP contribution in [-0.2, 0) is 10.4 Å². The number of hydrazone groups is 2. The highest BCUT2D eigenvalue weighted by Gasteiger charge is 2.23. The second kappa shape index (κ2) is 9.89. The second-order valence-corrected chi connectivity index (χ2v) is 9.56. The molecule has 2 radical (unpaired) electrons. The van der Waals surface area contributed by atoms with Crippen molar-refractivity contribution in [2.45, 2.75) is 0 Å². The lowest BCUT2D eigenvalue weighted by Gasteiger charge is -2.22. The summed E-state index contributed by atoms with van der Waals surface area (Å²) < 4.78 is 0. The molecule has 0 unspecified atom stereocenters. The average molecular weight is 557 g/mol. The number of carbonyl (C=O) groups excluding carboxylic acids is 2.